The molecule has 0 N–H and O–H groups in total. The third-order valence-corrected chi connectivity index (χ3v) is 8.13. The fraction of sp³-hybridized carbons (Fsp3) is 0. The van der Waals surface area contributed by atoms with E-state index in [4.69, 9.17) is 0 Å². The molecule has 6 rings (SSSR count). The van der Waals surface area contributed by atoms with Gasteiger partial charge in [-0.1, -0.05) is 94.6 Å². The standard InChI is InChI=1S/C26H16Si2/c1-2-6-19-16-23-20(15-18(19)5-1)11-10-17-7-3-8-21(25(17)23)22-12-14-28-26(22)24-9-4-13-27-24/h1-16H. The van der Waals surface area contributed by atoms with E-state index in [-0.39, 0.29) is 0 Å². The van der Waals surface area contributed by atoms with Crippen LogP contribution in [0.3, 0.4) is 0 Å². The first kappa shape index (κ1) is 16.0. The van der Waals surface area contributed by atoms with Crippen molar-refractivity contribution in [3.05, 3.63) is 112 Å². The first-order chi connectivity index (χ1) is 13.9. The van der Waals surface area contributed by atoms with E-state index in [1.165, 1.54) is 53.8 Å². The van der Waals surface area contributed by atoms with Gasteiger partial charge in [-0.15, -0.1) is 0 Å². The summed E-state index contributed by atoms with van der Waals surface area (Å²) >= 11 is 0. The Balaban J connectivity index is 1.71. The average Bonchev–Trinajstić information content (AvgIpc) is 3.43. The van der Waals surface area contributed by atoms with Crippen molar-refractivity contribution in [2.24, 2.45) is 0 Å². The summed E-state index contributed by atoms with van der Waals surface area (Å²) < 4.78 is 0. The van der Waals surface area contributed by atoms with Crippen LogP contribution in [0.5, 0.6) is 0 Å². The molecule has 4 aromatic carbocycles. The van der Waals surface area contributed by atoms with Crippen LogP contribution in [0.2, 0.25) is 0 Å². The van der Waals surface area contributed by atoms with Crippen molar-refractivity contribution in [1.29, 1.82) is 0 Å². The summed E-state index contributed by atoms with van der Waals surface area (Å²) in [4.78, 5) is 0. The van der Waals surface area contributed by atoms with Crippen molar-refractivity contribution < 1.29 is 0 Å². The maximum atomic E-state index is 2.37. The number of hydrogen-bond acceptors (Lipinski definition) is 0. The Bertz CT molecular complexity index is 1400. The Morgan fingerprint density at radius 1 is 0.643 bits per heavy atom. The molecule has 4 aromatic rings. The quantitative estimate of drug-likeness (QED) is 0.219. The van der Waals surface area contributed by atoms with Gasteiger partial charge in [0.25, 0.3) is 0 Å². The number of benzene rings is 4. The zero-order valence-electron chi connectivity index (χ0n) is 15.2. The van der Waals surface area contributed by atoms with Gasteiger partial charge in [0.1, 0.15) is 19.0 Å². The smallest absolute Gasteiger partial charge is 0.0933 e. The Morgan fingerprint density at radius 2 is 1.46 bits per heavy atom. The van der Waals surface area contributed by atoms with Gasteiger partial charge in [-0.2, -0.15) is 0 Å². The zero-order valence-corrected chi connectivity index (χ0v) is 17.2. The maximum absolute atomic E-state index is 2.37. The molecule has 0 nitrogen and oxygen atoms in total. The van der Waals surface area contributed by atoms with Crippen molar-refractivity contribution in [1.82, 2.24) is 0 Å². The zero-order chi connectivity index (χ0) is 18.5. The van der Waals surface area contributed by atoms with E-state index in [2.05, 4.69) is 96.4 Å². The summed E-state index contributed by atoms with van der Waals surface area (Å²) in [6.07, 6.45) is 6.84. The highest BCUT2D eigenvalue weighted by Gasteiger charge is 2.19. The Hall–Kier alpha value is -2.95. The summed E-state index contributed by atoms with van der Waals surface area (Å²) in [5.41, 5.74) is 7.40. The first-order valence-electron chi connectivity index (χ1n) is 9.54. The maximum Gasteiger partial charge on any atom is 0.112 e. The van der Waals surface area contributed by atoms with E-state index in [9.17, 15) is 0 Å². The molecule has 4 radical (unpaired) electrons. The highest BCUT2D eigenvalue weighted by Crippen LogP contribution is 2.38. The highest BCUT2D eigenvalue weighted by molar-refractivity contribution is 6.66. The van der Waals surface area contributed by atoms with Gasteiger partial charge < -0.3 is 0 Å². The van der Waals surface area contributed by atoms with Gasteiger partial charge in [-0.05, 0) is 55.6 Å². The van der Waals surface area contributed by atoms with Crippen molar-refractivity contribution in [2.45, 2.75) is 0 Å². The molecule has 28 heavy (non-hydrogen) atoms. The van der Waals surface area contributed by atoms with Gasteiger partial charge in [0.05, 0.1) is 0 Å². The molecular formula is C26H16Si2. The normalized spacial score (nSPS) is 16.1. The van der Waals surface area contributed by atoms with Crippen LogP contribution in [0.4, 0.5) is 0 Å². The molecule has 0 saturated carbocycles. The Morgan fingerprint density at radius 3 is 2.32 bits per heavy atom. The predicted octanol–water partition coefficient (Wildman–Crippen LogP) is 6.20. The molecule has 0 bridgehead atoms. The Labute approximate surface area is 169 Å². The van der Waals surface area contributed by atoms with Gasteiger partial charge >= 0.3 is 0 Å². The topological polar surface area (TPSA) is 0 Å². The molecule has 2 heterocycles. The molecule has 0 aliphatic carbocycles. The van der Waals surface area contributed by atoms with Crippen LogP contribution in [-0.2, 0) is 0 Å². The molecule has 0 fully saturated rings. The fourth-order valence-electron chi connectivity index (χ4n) is 4.33. The molecule has 128 valence electrons. The molecule has 2 aliphatic rings. The first-order valence-corrected chi connectivity index (χ1v) is 11.7. The van der Waals surface area contributed by atoms with Gasteiger partial charge in [0, 0.05) is 0 Å². The van der Waals surface area contributed by atoms with Gasteiger partial charge in [0.2, 0.25) is 0 Å². The number of allylic oxidation sites excluding steroid dienone is 6. The second-order valence-corrected chi connectivity index (χ2v) is 9.52. The molecule has 0 spiro atoms. The largest absolute Gasteiger partial charge is 0.112 e. The van der Waals surface area contributed by atoms with Gasteiger partial charge in [-0.25, -0.2) is 0 Å². The summed E-state index contributed by atoms with van der Waals surface area (Å²) in [7, 11) is 1.57. The molecule has 0 amide bonds. The minimum atomic E-state index is 0.770. The van der Waals surface area contributed by atoms with Crippen LogP contribution in [0.1, 0.15) is 5.56 Å². The van der Waals surface area contributed by atoms with Crippen LogP contribution in [0.15, 0.2) is 107 Å². The summed E-state index contributed by atoms with van der Waals surface area (Å²) in [6, 6.07) is 24.6. The predicted molar refractivity (Wildman–Crippen MR) is 124 cm³/mol. The molecule has 0 atom stereocenters. The van der Waals surface area contributed by atoms with Crippen LogP contribution in [0, 0.1) is 0 Å². The number of rotatable bonds is 2. The van der Waals surface area contributed by atoms with E-state index >= 15 is 0 Å². The lowest BCUT2D eigenvalue weighted by molar-refractivity contribution is 1.68. The molecule has 2 aliphatic heterocycles. The van der Waals surface area contributed by atoms with E-state index in [1.54, 1.807) is 0 Å². The van der Waals surface area contributed by atoms with Crippen molar-refractivity contribution in [3.63, 3.8) is 0 Å². The van der Waals surface area contributed by atoms with E-state index in [1.807, 2.05) is 0 Å². The minimum absolute atomic E-state index is 0.770. The number of hydrogen-bond donors (Lipinski definition) is 0. The minimum Gasteiger partial charge on any atom is -0.0933 e. The van der Waals surface area contributed by atoms with E-state index in [0.717, 1.165) is 19.0 Å². The van der Waals surface area contributed by atoms with Gasteiger partial charge in [-0.3, -0.25) is 0 Å². The second kappa shape index (κ2) is 6.30. The fourth-order valence-corrected chi connectivity index (χ4v) is 6.63. The van der Waals surface area contributed by atoms with E-state index < -0.39 is 0 Å². The van der Waals surface area contributed by atoms with Crippen molar-refractivity contribution in [2.75, 3.05) is 0 Å². The van der Waals surface area contributed by atoms with Crippen LogP contribution in [0.25, 0.3) is 37.9 Å². The van der Waals surface area contributed by atoms with Crippen LogP contribution in [-0.4, -0.2) is 19.0 Å². The summed E-state index contributed by atoms with van der Waals surface area (Å²) in [5, 5.41) is 11.0. The molecular weight excluding hydrogens is 368 g/mol. The molecule has 0 saturated heterocycles. The molecule has 0 unspecified atom stereocenters. The second-order valence-electron chi connectivity index (χ2n) is 7.24. The van der Waals surface area contributed by atoms with Crippen molar-refractivity contribution in [3.8, 4) is 0 Å². The molecule has 0 aromatic heterocycles. The van der Waals surface area contributed by atoms with Gasteiger partial charge in [0.15, 0.2) is 0 Å². The third-order valence-electron chi connectivity index (χ3n) is 5.63. The lowest BCUT2D eigenvalue weighted by Gasteiger charge is -2.14. The molecule has 2 heteroatoms. The van der Waals surface area contributed by atoms with Crippen LogP contribution < -0.4 is 0 Å². The average molecular weight is 385 g/mol. The lowest BCUT2D eigenvalue weighted by Crippen LogP contribution is -2.01. The van der Waals surface area contributed by atoms with Crippen molar-refractivity contribution >= 4 is 56.9 Å². The highest BCUT2D eigenvalue weighted by atomic mass is 28.2. The Kier molecular flexibility index (Phi) is 3.61. The summed E-state index contributed by atoms with van der Waals surface area (Å²) in [6.45, 7) is 0. The monoisotopic (exact) mass is 384 g/mol. The lowest BCUT2D eigenvalue weighted by atomic mass is 9.92. The van der Waals surface area contributed by atoms with E-state index in [0.29, 0.717) is 0 Å². The summed E-state index contributed by atoms with van der Waals surface area (Å²) in [5.74, 6) is 0. The van der Waals surface area contributed by atoms with Crippen LogP contribution >= 0.6 is 0 Å². The SMILES string of the molecule is C1=C[Si]C(C2=C(c3cccc4ccc5cc6ccccc6cc5c34)C=C[Si]2)=C1. The third kappa shape index (κ3) is 2.42. The number of fused-ring (bicyclic) bond motifs is 4.